The van der Waals surface area contributed by atoms with Gasteiger partial charge in [0.1, 0.15) is 10.7 Å². The molecule has 0 N–H and O–H groups in total. The molecule has 0 radical (unpaired) electrons. The number of hydrogen-bond acceptors (Lipinski definition) is 4. The van der Waals surface area contributed by atoms with Crippen LogP contribution in [0.25, 0.3) is 5.65 Å². The number of alkyl halides is 3. The minimum Gasteiger partial charge on any atom is -0.335 e. The maximum absolute atomic E-state index is 13.4. The van der Waals surface area contributed by atoms with E-state index in [0.29, 0.717) is 30.7 Å². The van der Waals surface area contributed by atoms with Crippen molar-refractivity contribution in [3.63, 3.8) is 0 Å². The molecule has 0 bridgehead atoms. The number of hydrogen-bond donors (Lipinski definition) is 0. The number of carbonyl (C=O) groups excluding carboxylic acids is 1. The van der Waals surface area contributed by atoms with Crippen LogP contribution in [0.5, 0.6) is 0 Å². The van der Waals surface area contributed by atoms with E-state index < -0.39 is 17.8 Å². The molecular weight excluding hydrogens is 499 g/mol. The van der Waals surface area contributed by atoms with Crippen molar-refractivity contribution in [1.29, 1.82) is 0 Å². The van der Waals surface area contributed by atoms with Crippen molar-refractivity contribution >= 4 is 39.1 Å². The zero-order valence-electron chi connectivity index (χ0n) is 16.5. The normalized spacial score (nSPS) is 15.6. The number of fused-ring (bicyclic) bond motifs is 1. The Kier molecular flexibility index (Phi) is 5.97. The van der Waals surface area contributed by atoms with Crippen LogP contribution in [0.15, 0.2) is 34.8 Å². The van der Waals surface area contributed by atoms with Crippen LogP contribution in [-0.2, 0) is 12.7 Å². The molecule has 0 saturated carbocycles. The van der Waals surface area contributed by atoms with Crippen molar-refractivity contribution in [2.75, 3.05) is 26.2 Å². The molecule has 3 heterocycles. The first-order valence-corrected chi connectivity index (χ1v) is 10.7. The van der Waals surface area contributed by atoms with Gasteiger partial charge in [0.2, 0.25) is 0 Å². The summed E-state index contributed by atoms with van der Waals surface area (Å²) < 4.78 is 41.9. The van der Waals surface area contributed by atoms with Gasteiger partial charge in [-0.1, -0.05) is 45.7 Å². The standard InChI is InChI=1S/C20H18BrClF3N5O/c1-12-10-15(20(23,24)25)30-18(26-12)16(22)17(27-30)19(31)29-8-6-28(7-9-29)11-13-4-2-3-5-14(13)21/h2-5,10H,6-9,11H2,1H3. The van der Waals surface area contributed by atoms with E-state index in [-0.39, 0.29) is 22.1 Å². The van der Waals surface area contributed by atoms with E-state index in [4.69, 9.17) is 11.6 Å². The molecule has 0 atom stereocenters. The first-order chi connectivity index (χ1) is 14.6. The van der Waals surface area contributed by atoms with Gasteiger partial charge in [-0.25, -0.2) is 9.50 Å². The van der Waals surface area contributed by atoms with Gasteiger partial charge in [-0.2, -0.15) is 18.3 Å². The summed E-state index contributed by atoms with van der Waals surface area (Å²) in [7, 11) is 0. The zero-order chi connectivity index (χ0) is 22.3. The van der Waals surface area contributed by atoms with Crippen molar-refractivity contribution in [2.45, 2.75) is 19.6 Å². The number of nitrogens with zero attached hydrogens (tertiary/aromatic N) is 5. The van der Waals surface area contributed by atoms with Crippen LogP contribution in [0, 0.1) is 6.92 Å². The fraction of sp³-hybridized carbons (Fsp3) is 0.350. The highest BCUT2D eigenvalue weighted by molar-refractivity contribution is 9.10. The Hall–Kier alpha value is -2.17. The Morgan fingerprint density at radius 3 is 2.52 bits per heavy atom. The number of benzene rings is 1. The largest absolute Gasteiger partial charge is 0.433 e. The number of halogens is 5. The second-order valence-corrected chi connectivity index (χ2v) is 8.57. The predicted molar refractivity (Wildman–Crippen MR) is 113 cm³/mol. The first-order valence-electron chi connectivity index (χ1n) is 9.53. The zero-order valence-corrected chi connectivity index (χ0v) is 18.8. The Labute approximate surface area is 189 Å². The summed E-state index contributed by atoms with van der Waals surface area (Å²) in [4.78, 5) is 20.8. The van der Waals surface area contributed by atoms with Crippen molar-refractivity contribution in [2.24, 2.45) is 0 Å². The van der Waals surface area contributed by atoms with Crippen LogP contribution >= 0.6 is 27.5 Å². The molecular formula is C20H18BrClF3N5O. The fourth-order valence-electron chi connectivity index (χ4n) is 3.58. The third-order valence-electron chi connectivity index (χ3n) is 5.17. The Morgan fingerprint density at radius 2 is 1.87 bits per heavy atom. The van der Waals surface area contributed by atoms with Gasteiger partial charge in [0, 0.05) is 42.9 Å². The molecule has 4 rings (SSSR count). The van der Waals surface area contributed by atoms with Crippen molar-refractivity contribution in [3.05, 3.63) is 62.5 Å². The van der Waals surface area contributed by atoms with Crippen LogP contribution in [0.2, 0.25) is 5.02 Å². The predicted octanol–water partition coefficient (Wildman–Crippen LogP) is 4.43. The van der Waals surface area contributed by atoms with E-state index in [1.165, 1.54) is 6.92 Å². The summed E-state index contributed by atoms with van der Waals surface area (Å²) in [6.07, 6.45) is -4.65. The molecule has 6 nitrogen and oxygen atoms in total. The number of amides is 1. The minimum absolute atomic E-state index is 0.140. The molecule has 164 valence electrons. The summed E-state index contributed by atoms with van der Waals surface area (Å²) in [5.74, 6) is -0.498. The molecule has 11 heteroatoms. The maximum atomic E-state index is 13.4. The molecule has 1 aliphatic heterocycles. The minimum atomic E-state index is -4.65. The molecule has 2 aromatic heterocycles. The lowest BCUT2D eigenvalue weighted by atomic mass is 10.2. The fourth-order valence-corrected chi connectivity index (χ4v) is 4.23. The highest BCUT2D eigenvalue weighted by atomic mass is 79.9. The summed E-state index contributed by atoms with van der Waals surface area (Å²) in [6.45, 7) is 4.27. The van der Waals surface area contributed by atoms with Crippen molar-refractivity contribution < 1.29 is 18.0 Å². The highest BCUT2D eigenvalue weighted by Gasteiger charge is 2.37. The van der Waals surface area contributed by atoms with Gasteiger partial charge >= 0.3 is 6.18 Å². The molecule has 3 aromatic rings. The van der Waals surface area contributed by atoms with E-state index in [1.54, 1.807) is 4.90 Å². The van der Waals surface area contributed by atoms with Gasteiger partial charge in [-0.15, -0.1) is 0 Å². The quantitative estimate of drug-likeness (QED) is 0.517. The second-order valence-electron chi connectivity index (χ2n) is 7.34. The maximum Gasteiger partial charge on any atom is 0.433 e. The molecule has 0 spiro atoms. The van der Waals surface area contributed by atoms with Crippen LogP contribution in [0.1, 0.15) is 27.4 Å². The number of aryl methyl sites for hydroxylation is 1. The monoisotopic (exact) mass is 515 g/mol. The summed E-state index contributed by atoms with van der Waals surface area (Å²) in [5.41, 5.74) is -0.128. The van der Waals surface area contributed by atoms with Crippen LogP contribution in [-0.4, -0.2) is 56.5 Å². The molecule has 31 heavy (non-hydrogen) atoms. The van der Waals surface area contributed by atoms with Gasteiger partial charge < -0.3 is 4.90 Å². The van der Waals surface area contributed by atoms with Gasteiger partial charge in [0.15, 0.2) is 11.3 Å². The highest BCUT2D eigenvalue weighted by Crippen LogP contribution is 2.32. The van der Waals surface area contributed by atoms with Crippen LogP contribution in [0.3, 0.4) is 0 Å². The third kappa shape index (κ3) is 4.42. The smallest absolute Gasteiger partial charge is 0.335 e. The molecule has 1 saturated heterocycles. The van der Waals surface area contributed by atoms with Gasteiger partial charge in [0.05, 0.1) is 0 Å². The lowest BCUT2D eigenvalue weighted by Gasteiger charge is -2.34. The SMILES string of the molecule is Cc1cc(C(F)(F)F)n2nc(C(=O)N3CCN(Cc4ccccc4Br)CC3)c(Cl)c2n1. The Bertz CT molecular complexity index is 1140. The van der Waals surface area contributed by atoms with Gasteiger partial charge in [-0.05, 0) is 24.6 Å². The third-order valence-corrected chi connectivity index (χ3v) is 6.29. The second kappa shape index (κ2) is 8.40. The molecule has 1 aliphatic rings. The number of rotatable bonds is 3. The molecule has 0 aliphatic carbocycles. The summed E-state index contributed by atoms with van der Waals surface area (Å²) in [6, 6.07) is 8.81. The van der Waals surface area contributed by atoms with E-state index in [1.807, 2.05) is 24.3 Å². The average Bonchev–Trinajstić information content (AvgIpc) is 3.05. The Balaban J connectivity index is 1.53. The van der Waals surface area contributed by atoms with E-state index in [9.17, 15) is 18.0 Å². The average molecular weight is 517 g/mol. The van der Waals surface area contributed by atoms with Crippen molar-refractivity contribution in [3.8, 4) is 0 Å². The van der Waals surface area contributed by atoms with Gasteiger partial charge in [-0.3, -0.25) is 9.69 Å². The molecule has 1 aromatic carbocycles. The molecule has 1 fully saturated rings. The topological polar surface area (TPSA) is 53.7 Å². The first kappa shape index (κ1) is 22.0. The van der Waals surface area contributed by atoms with Crippen LogP contribution < -0.4 is 0 Å². The number of aromatic nitrogens is 3. The van der Waals surface area contributed by atoms with Crippen molar-refractivity contribution in [1.82, 2.24) is 24.4 Å². The van der Waals surface area contributed by atoms with E-state index in [0.717, 1.165) is 22.6 Å². The van der Waals surface area contributed by atoms with Gasteiger partial charge in [0.25, 0.3) is 5.91 Å². The molecule has 1 amide bonds. The Morgan fingerprint density at radius 1 is 1.19 bits per heavy atom. The lowest BCUT2D eigenvalue weighted by Crippen LogP contribution is -2.48. The number of carbonyl (C=O) groups is 1. The lowest BCUT2D eigenvalue weighted by molar-refractivity contribution is -0.142. The summed E-state index contributed by atoms with van der Waals surface area (Å²) in [5, 5.41) is 3.71. The van der Waals surface area contributed by atoms with E-state index in [2.05, 4.69) is 30.9 Å². The summed E-state index contributed by atoms with van der Waals surface area (Å²) >= 11 is 9.78. The van der Waals surface area contributed by atoms with E-state index >= 15 is 0 Å². The van der Waals surface area contributed by atoms with Crippen LogP contribution in [0.4, 0.5) is 13.2 Å². The number of piperazine rings is 1. The molecule has 0 unspecified atom stereocenters.